The summed E-state index contributed by atoms with van der Waals surface area (Å²) in [4.78, 5) is 0. The molecule has 0 bridgehead atoms. The van der Waals surface area contributed by atoms with Crippen LogP contribution in [0.4, 0.5) is 10.1 Å². The lowest BCUT2D eigenvalue weighted by atomic mass is 10.3. The van der Waals surface area contributed by atoms with E-state index in [9.17, 15) is 4.39 Å². The van der Waals surface area contributed by atoms with Crippen LogP contribution in [0, 0.1) is 5.82 Å². The summed E-state index contributed by atoms with van der Waals surface area (Å²) >= 11 is 0. The fraction of sp³-hybridized carbons (Fsp3) is 0.286. The third-order valence-electron chi connectivity index (χ3n) is 2.81. The molecule has 0 aliphatic heterocycles. The van der Waals surface area contributed by atoms with Crippen LogP contribution < -0.4 is 5.32 Å². The molecular weight excluding hydrogens is 231 g/mol. The molecule has 2 N–H and O–H groups in total. The number of hydrogen-bond acceptors (Lipinski definition) is 2. The summed E-state index contributed by atoms with van der Waals surface area (Å²) in [5, 5.41) is 12.2. The van der Waals surface area contributed by atoms with Crippen molar-refractivity contribution in [3.63, 3.8) is 0 Å². The van der Waals surface area contributed by atoms with Gasteiger partial charge in [-0.2, -0.15) is 0 Å². The summed E-state index contributed by atoms with van der Waals surface area (Å²) in [6.45, 7) is 3.75. The monoisotopic (exact) mass is 248 g/mol. The predicted octanol–water partition coefficient (Wildman–Crippen LogP) is 3.35. The number of anilines is 1. The van der Waals surface area contributed by atoms with Gasteiger partial charge in [-0.25, -0.2) is 4.39 Å². The fourth-order valence-corrected chi connectivity index (χ4v) is 1.88. The van der Waals surface area contributed by atoms with E-state index in [1.54, 1.807) is 6.07 Å². The van der Waals surface area contributed by atoms with Crippen molar-refractivity contribution in [1.29, 1.82) is 0 Å². The van der Waals surface area contributed by atoms with Crippen molar-refractivity contribution in [2.45, 2.75) is 26.4 Å². The molecule has 2 rings (SSSR count). The molecule has 96 valence electrons. The van der Waals surface area contributed by atoms with Crippen molar-refractivity contribution >= 4 is 5.69 Å². The maximum absolute atomic E-state index is 13.1. The molecule has 0 fully saturated rings. The minimum absolute atomic E-state index is 0.324. The molecule has 0 radical (unpaired) electrons. The molecule has 0 atom stereocenters. The van der Waals surface area contributed by atoms with E-state index in [1.165, 1.54) is 12.1 Å². The van der Waals surface area contributed by atoms with Crippen LogP contribution in [0.2, 0.25) is 0 Å². The summed E-state index contributed by atoms with van der Waals surface area (Å²) in [5.74, 6) is -0.932. The van der Waals surface area contributed by atoms with Gasteiger partial charge in [0, 0.05) is 30.2 Å². The Morgan fingerprint density at radius 3 is 2.89 bits per heavy atom. The predicted molar refractivity (Wildman–Crippen MR) is 70.1 cm³/mol. The fourth-order valence-electron chi connectivity index (χ4n) is 1.88. The molecular formula is C14H17FN2O. The van der Waals surface area contributed by atoms with Crippen molar-refractivity contribution in [2.24, 2.45) is 0 Å². The van der Waals surface area contributed by atoms with Crippen LogP contribution in [0.3, 0.4) is 0 Å². The number of nitrogens with zero attached hydrogens (tertiary/aromatic N) is 1. The lowest BCUT2D eigenvalue weighted by molar-refractivity contribution is 0.432. The average Bonchev–Trinajstić information content (AvgIpc) is 2.79. The summed E-state index contributed by atoms with van der Waals surface area (Å²) in [7, 11) is 0. The van der Waals surface area contributed by atoms with Crippen molar-refractivity contribution in [3.8, 4) is 5.75 Å². The SMILES string of the molecule is CCCn1cccc1CNc1ccc(O)c(F)c1. The highest BCUT2D eigenvalue weighted by atomic mass is 19.1. The zero-order valence-corrected chi connectivity index (χ0v) is 10.4. The Kier molecular flexibility index (Phi) is 3.87. The van der Waals surface area contributed by atoms with E-state index >= 15 is 0 Å². The lowest BCUT2D eigenvalue weighted by Gasteiger charge is -2.10. The molecule has 0 aliphatic rings. The van der Waals surface area contributed by atoms with Gasteiger partial charge >= 0.3 is 0 Å². The summed E-state index contributed by atoms with van der Waals surface area (Å²) < 4.78 is 15.3. The number of hydrogen-bond donors (Lipinski definition) is 2. The highest BCUT2D eigenvalue weighted by molar-refractivity contribution is 5.47. The van der Waals surface area contributed by atoms with Crippen LogP contribution in [-0.2, 0) is 13.1 Å². The summed E-state index contributed by atoms with van der Waals surface area (Å²) in [5.41, 5.74) is 1.82. The van der Waals surface area contributed by atoms with Crippen molar-refractivity contribution < 1.29 is 9.50 Å². The Labute approximate surface area is 106 Å². The molecule has 2 aromatic rings. The first-order valence-electron chi connectivity index (χ1n) is 6.07. The van der Waals surface area contributed by atoms with Gasteiger partial charge in [0.2, 0.25) is 0 Å². The molecule has 4 heteroatoms. The van der Waals surface area contributed by atoms with Crippen molar-refractivity contribution in [3.05, 3.63) is 48.0 Å². The van der Waals surface area contributed by atoms with Crippen LogP contribution in [-0.4, -0.2) is 9.67 Å². The number of aromatic nitrogens is 1. The molecule has 3 nitrogen and oxygen atoms in total. The Hall–Kier alpha value is -1.97. The van der Waals surface area contributed by atoms with Crippen molar-refractivity contribution in [2.75, 3.05) is 5.32 Å². The van der Waals surface area contributed by atoms with E-state index < -0.39 is 5.82 Å². The van der Waals surface area contributed by atoms with Gasteiger partial charge in [0.05, 0.1) is 6.54 Å². The number of phenols is 1. The first-order valence-corrected chi connectivity index (χ1v) is 6.07. The molecule has 0 spiro atoms. The lowest BCUT2D eigenvalue weighted by Crippen LogP contribution is -2.07. The number of benzene rings is 1. The van der Waals surface area contributed by atoms with Gasteiger partial charge in [0.25, 0.3) is 0 Å². The second-order valence-corrected chi connectivity index (χ2v) is 4.21. The van der Waals surface area contributed by atoms with E-state index in [-0.39, 0.29) is 5.75 Å². The Morgan fingerprint density at radius 1 is 1.33 bits per heavy atom. The molecule has 18 heavy (non-hydrogen) atoms. The molecule has 0 aliphatic carbocycles. The van der Waals surface area contributed by atoms with E-state index in [0.29, 0.717) is 12.2 Å². The smallest absolute Gasteiger partial charge is 0.166 e. The van der Waals surface area contributed by atoms with Crippen molar-refractivity contribution in [1.82, 2.24) is 4.57 Å². The third-order valence-corrected chi connectivity index (χ3v) is 2.81. The zero-order valence-electron chi connectivity index (χ0n) is 10.4. The molecule has 0 saturated carbocycles. The summed E-state index contributed by atoms with van der Waals surface area (Å²) in [6.07, 6.45) is 3.12. The van der Waals surface area contributed by atoms with Gasteiger partial charge < -0.3 is 15.0 Å². The molecule has 1 aromatic carbocycles. The zero-order chi connectivity index (χ0) is 13.0. The van der Waals surface area contributed by atoms with Crippen LogP contribution in [0.25, 0.3) is 0 Å². The second kappa shape index (κ2) is 5.58. The van der Waals surface area contributed by atoms with Gasteiger partial charge in [-0.3, -0.25) is 0 Å². The number of rotatable bonds is 5. The molecule has 0 unspecified atom stereocenters. The van der Waals surface area contributed by atoms with E-state index in [1.807, 2.05) is 18.3 Å². The molecule has 1 aromatic heterocycles. The van der Waals surface area contributed by atoms with Gasteiger partial charge in [0.15, 0.2) is 11.6 Å². The maximum atomic E-state index is 13.1. The first-order chi connectivity index (χ1) is 8.70. The maximum Gasteiger partial charge on any atom is 0.166 e. The van der Waals surface area contributed by atoms with Gasteiger partial charge in [-0.05, 0) is 30.7 Å². The van der Waals surface area contributed by atoms with E-state index in [0.717, 1.165) is 18.7 Å². The Bertz CT molecular complexity index is 522. The second-order valence-electron chi connectivity index (χ2n) is 4.21. The highest BCUT2D eigenvalue weighted by Crippen LogP contribution is 2.19. The highest BCUT2D eigenvalue weighted by Gasteiger charge is 2.03. The number of nitrogens with one attached hydrogen (secondary N) is 1. The van der Waals surface area contributed by atoms with E-state index in [2.05, 4.69) is 16.8 Å². The number of halogens is 1. The number of aryl methyl sites for hydroxylation is 1. The normalized spacial score (nSPS) is 10.6. The van der Waals surface area contributed by atoms with Gasteiger partial charge in [-0.1, -0.05) is 6.92 Å². The van der Waals surface area contributed by atoms with Crippen LogP contribution >= 0.6 is 0 Å². The number of aromatic hydroxyl groups is 1. The minimum atomic E-state index is -0.607. The minimum Gasteiger partial charge on any atom is -0.505 e. The molecule has 0 amide bonds. The van der Waals surface area contributed by atoms with Crippen LogP contribution in [0.5, 0.6) is 5.75 Å². The molecule has 0 saturated heterocycles. The van der Waals surface area contributed by atoms with Crippen LogP contribution in [0.15, 0.2) is 36.5 Å². The van der Waals surface area contributed by atoms with Gasteiger partial charge in [0.1, 0.15) is 0 Å². The first kappa shape index (κ1) is 12.5. The summed E-state index contributed by atoms with van der Waals surface area (Å²) in [6, 6.07) is 8.35. The van der Waals surface area contributed by atoms with E-state index in [4.69, 9.17) is 5.11 Å². The average molecular weight is 248 g/mol. The molecule has 1 heterocycles. The third kappa shape index (κ3) is 2.83. The number of phenolic OH excluding ortho intramolecular Hbond substituents is 1. The quantitative estimate of drug-likeness (QED) is 0.796. The Balaban J connectivity index is 2.02. The Morgan fingerprint density at radius 2 is 2.17 bits per heavy atom. The van der Waals surface area contributed by atoms with Crippen LogP contribution in [0.1, 0.15) is 19.0 Å². The largest absolute Gasteiger partial charge is 0.505 e. The van der Waals surface area contributed by atoms with Gasteiger partial charge in [-0.15, -0.1) is 0 Å². The standard InChI is InChI=1S/C14H17FN2O/c1-2-7-17-8-3-4-12(17)10-16-11-5-6-14(18)13(15)9-11/h3-6,8-9,16,18H,2,7,10H2,1H3. The topological polar surface area (TPSA) is 37.2 Å².